The molecule has 0 aliphatic carbocycles. The van der Waals surface area contributed by atoms with E-state index in [-0.39, 0.29) is 19.3 Å². The third-order valence-corrected chi connectivity index (χ3v) is 4.11. The highest BCUT2D eigenvalue weighted by molar-refractivity contribution is 6.32. The first kappa shape index (κ1) is 17.4. The number of ether oxygens (including phenoxy) is 3. The van der Waals surface area contributed by atoms with E-state index in [4.69, 9.17) is 25.8 Å². The molecule has 1 fully saturated rings. The van der Waals surface area contributed by atoms with Crippen molar-refractivity contribution < 1.29 is 19.0 Å². The van der Waals surface area contributed by atoms with E-state index in [1.807, 2.05) is 30.3 Å². The van der Waals surface area contributed by atoms with Gasteiger partial charge in [0.2, 0.25) is 0 Å². The standard InChI is InChI=1S/C19H20ClNO4/c20-17-14-16(25-15-6-2-1-3-7-15)8-9-18(17)23-12-13-24-19(22)21-10-4-5-11-21/h1-3,6-9,14H,4-5,10-13H2. The SMILES string of the molecule is O=C(OCCOc1ccc(Oc2ccccc2)cc1Cl)N1CCCC1. The number of likely N-dealkylation sites (tertiary alicyclic amines) is 1. The molecular weight excluding hydrogens is 342 g/mol. The Morgan fingerprint density at radius 2 is 1.76 bits per heavy atom. The van der Waals surface area contributed by atoms with E-state index in [9.17, 15) is 4.79 Å². The maximum atomic E-state index is 11.7. The smallest absolute Gasteiger partial charge is 0.409 e. The van der Waals surface area contributed by atoms with Crippen molar-refractivity contribution in [1.29, 1.82) is 0 Å². The molecule has 1 aliphatic heterocycles. The number of hydrogen-bond acceptors (Lipinski definition) is 4. The van der Waals surface area contributed by atoms with E-state index in [1.165, 1.54) is 0 Å². The van der Waals surface area contributed by atoms with Gasteiger partial charge in [0.1, 0.15) is 30.5 Å². The molecule has 25 heavy (non-hydrogen) atoms. The lowest BCUT2D eigenvalue weighted by Gasteiger charge is -2.15. The largest absolute Gasteiger partial charge is 0.488 e. The summed E-state index contributed by atoms with van der Waals surface area (Å²) in [5.74, 6) is 1.89. The van der Waals surface area contributed by atoms with E-state index in [0.717, 1.165) is 31.7 Å². The van der Waals surface area contributed by atoms with Crippen LogP contribution in [0.5, 0.6) is 17.2 Å². The lowest BCUT2D eigenvalue weighted by atomic mass is 10.3. The first-order valence-electron chi connectivity index (χ1n) is 8.29. The van der Waals surface area contributed by atoms with Gasteiger partial charge in [0.25, 0.3) is 0 Å². The highest BCUT2D eigenvalue weighted by Gasteiger charge is 2.18. The topological polar surface area (TPSA) is 48.0 Å². The average Bonchev–Trinajstić information content (AvgIpc) is 3.16. The molecule has 1 saturated heterocycles. The highest BCUT2D eigenvalue weighted by atomic mass is 35.5. The van der Waals surface area contributed by atoms with E-state index < -0.39 is 0 Å². The predicted molar refractivity (Wildman–Crippen MR) is 95.6 cm³/mol. The number of carbonyl (C=O) groups excluding carboxylic acids is 1. The van der Waals surface area contributed by atoms with Crippen LogP contribution in [0.25, 0.3) is 0 Å². The van der Waals surface area contributed by atoms with Gasteiger partial charge in [0.05, 0.1) is 5.02 Å². The molecule has 1 amide bonds. The maximum Gasteiger partial charge on any atom is 0.409 e. The molecule has 0 unspecified atom stereocenters. The molecule has 2 aromatic carbocycles. The van der Waals surface area contributed by atoms with Crippen LogP contribution in [0.3, 0.4) is 0 Å². The fourth-order valence-corrected chi connectivity index (χ4v) is 2.78. The number of halogens is 1. The predicted octanol–water partition coefficient (Wildman–Crippen LogP) is 4.74. The molecule has 0 bridgehead atoms. The second-order valence-electron chi connectivity index (χ2n) is 5.66. The molecule has 0 atom stereocenters. The van der Waals surface area contributed by atoms with Crippen molar-refractivity contribution in [2.45, 2.75) is 12.8 Å². The number of rotatable bonds is 6. The van der Waals surface area contributed by atoms with Crippen LogP contribution in [-0.2, 0) is 4.74 Å². The zero-order valence-electron chi connectivity index (χ0n) is 13.8. The van der Waals surface area contributed by atoms with Crippen LogP contribution in [0.15, 0.2) is 48.5 Å². The molecule has 6 heteroatoms. The second kappa shape index (κ2) is 8.62. The van der Waals surface area contributed by atoms with Crippen LogP contribution in [0.4, 0.5) is 4.79 Å². The van der Waals surface area contributed by atoms with Crippen LogP contribution in [0.2, 0.25) is 5.02 Å². The van der Waals surface area contributed by atoms with Crippen molar-refractivity contribution in [3.63, 3.8) is 0 Å². The summed E-state index contributed by atoms with van der Waals surface area (Å²) in [6.07, 6.45) is 1.80. The third-order valence-electron chi connectivity index (χ3n) is 3.81. The zero-order chi connectivity index (χ0) is 17.5. The molecular formula is C19H20ClNO4. The molecule has 3 rings (SSSR count). The Kier molecular flexibility index (Phi) is 6.01. The quantitative estimate of drug-likeness (QED) is 0.697. The lowest BCUT2D eigenvalue weighted by molar-refractivity contribution is 0.0950. The monoisotopic (exact) mass is 361 g/mol. The Labute approximate surface area is 152 Å². The molecule has 0 spiro atoms. The maximum absolute atomic E-state index is 11.7. The van der Waals surface area contributed by atoms with Crippen molar-refractivity contribution in [2.24, 2.45) is 0 Å². The Bertz CT molecular complexity index is 702. The van der Waals surface area contributed by atoms with Crippen molar-refractivity contribution in [1.82, 2.24) is 4.90 Å². The molecule has 5 nitrogen and oxygen atoms in total. The van der Waals surface area contributed by atoms with Gasteiger partial charge < -0.3 is 19.1 Å². The first-order valence-corrected chi connectivity index (χ1v) is 8.67. The van der Waals surface area contributed by atoms with Crippen molar-refractivity contribution in [3.8, 4) is 17.2 Å². The summed E-state index contributed by atoms with van der Waals surface area (Å²) < 4.78 is 16.5. The van der Waals surface area contributed by atoms with E-state index in [1.54, 1.807) is 23.1 Å². The molecule has 0 N–H and O–H groups in total. The summed E-state index contributed by atoms with van der Waals surface area (Å²) in [5, 5.41) is 0.444. The molecule has 1 heterocycles. The molecule has 1 aliphatic rings. The van der Waals surface area contributed by atoms with E-state index >= 15 is 0 Å². The highest BCUT2D eigenvalue weighted by Crippen LogP contribution is 2.31. The van der Waals surface area contributed by atoms with Crippen molar-refractivity contribution >= 4 is 17.7 Å². The van der Waals surface area contributed by atoms with Gasteiger partial charge in [-0.15, -0.1) is 0 Å². The number of carbonyl (C=O) groups is 1. The zero-order valence-corrected chi connectivity index (χ0v) is 14.6. The Morgan fingerprint density at radius 3 is 2.48 bits per heavy atom. The third kappa shape index (κ3) is 5.03. The van der Waals surface area contributed by atoms with Crippen molar-refractivity contribution in [2.75, 3.05) is 26.3 Å². The lowest BCUT2D eigenvalue weighted by Crippen LogP contribution is -2.29. The summed E-state index contributed by atoms with van der Waals surface area (Å²) in [4.78, 5) is 13.5. The number of para-hydroxylation sites is 1. The van der Waals surface area contributed by atoms with Gasteiger partial charge in [-0.25, -0.2) is 4.79 Å². The summed E-state index contributed by atoms with van der Waals surface area (Å²) in [6, 6.07) is 14.7. The normalized spacial score (nSPS) is 13.6. The summed E-state index contributed by atoms with van der Waals surface area (Å²) in [5.41, 5.74) is 0. The minimum atomic E-state index is -0.279. The summed E-state index contributed by atoms with van der Waals surface area (Å²) >= 11 is 6.22. The van der Waals surface area contributed by atoms with Crippen LogP contribution in [-0.4, -0.2) is 37.3 Å². The minimum Gasteiger partial charge on any atom is -0.488 e. The van der Waals surface area contributed by atoms with Crippen LogP contribution < -0.4 is 9.47 Å². The molecule has 0 aromatic heterocycles. The first-order chi connectivity index (χ1) is 12.2. The van der Waals surface area contributed by atoms with Gasteiger partial charge >= 0.3 is 6.09 Å². The number of nitrogens with zero attached hydrogens (tertiary/aromatic N) is 1. The van der Waals surface area contributed by atoms with Gasteiger partial charge in [-0.3, -0.25) is 0 Å². The van der Waals surface area contributed by atoms with Gasteiger partial charge in [-0.2, -0.15) is 0 Å². The second-order valence-corrected chi connectivity index (χ2v) is 6.07. The fourth-order valence-electron chi connectivity index (χ4n) is 2.56. The number of hydrogen-bond donors (Lipinski definition) is 0. The fraction of sp³-hybridized carbons (Fsp3) is 0.316. The Balaban J connectivity index is 1.45. The van der Waals surface area contributed by atoms with Gasteiger partial charge in [-0.05, 0) is 37.1 Å². The van der Waals surface area contributed by atoms with E-state index in [0.29, 0.717) is 16.5 Å². The van der Waals surface area contributed by atoms with E-state index in [2.05, 4.69) is 0 Å². The van der Waals surface area contributed by atoms with Crippen LogP contribution in [0.1, 0.15) is 12.8 Å². The molecule has 0 saturated carbocycles. The Hall–Kier alpha value is -2.40. The Morgan fingerprint density at radius 1 is 1.00 bits per heavy atom. The van der Waals surface area contributed by atoms with Gasteiger partial charge in [-0.1, -0.05) is 29.8 Å². The van der Waals surface area contributed by atoms with Crippen LogP contribution >= 0.6 is 11.6 Å². The van der Waals surface area contributed by atoms with Gasteiger partial charge in [0, 0.05) is 19.2 Å². The molecule has 132 valence electrons. The van der Waals surface area contributed by atoms with Crippen LogP contribution in [0, 0.1) is 0 Å². The van der Waals surface area contributed by atoms with Gasteiger partial charge in [0.15, 0.2) is 0 Å². The number of amides is 1. The number of benzene rings is 2. The summed E-state index contributed by atoms with van der Waals surface area (Å²) in [7, 11) is 0. The average molecular weight is 362 g/mol. The summed E-state index contributed by atoms with van der Waals surface area (Å²) in [6.45, 7) is 1.98. The molecule has 2 aromatic rings. The molecule has 0 radical (unpaired) electrons. The minimum absolute atomic E-state index is 0.188. The van der Waals surface area contributed by atoms with Crippen molar-refractivity contribution in [3.05, 3.63) is 53.6 Å².